The minimum absolute atomic E-state index is 0.278. The Balaban J connectivity index is 1.66. The lowest BCUT2D eigenvalue weighted by Crippen LogP contribution is -2.08. The van der Waals surface area contributed by atoms with Crippen LogP contribution in [-0.4, -0.2) is 11.0 Å². The second kappa shape index (κ2) is 9.72. The first-order valence-corrected chi connectivity index (χ1v) is 10.0. The third-order valence-electron chi connectivity index (χ3n) is 4.41. The van der Waals surface area contributed by atoms with Gasteiger partial charge in [0.2, 0.25) is 0 Å². The Bertz CT molecular complexity index is 938. The molecule has 0 spiro atoms. The Morgan fingerprint density at radius 1 is 1.00 bits per heavy atom. The van der Waals surface area contributed by atoms with E-state index < -0.39 is 5.97 Å². The van der Waals surface area contributed by atoms with Gasteiger partial charge in [-0.25, -0.2) is 4.79 Å². The average molecular weight is 414 g/mol. The van der Waals surface area contributed by atoms with E-state index in [1.807, 2.05) is 24.4 Å². The van der Waals surface area contributed by atoms with E-state index >= 15 is 0 Å². The third-order valence-corrected chi connectivity index (χ3v) is 4.94. The standard InChI is InChI=1S/C23H21Cl2NO2/c1-2-3-4-5-16-6-12-21(26-15-16)17-7-9-18(10-8-17)23(27)28-22-13-11-19(24)14-20(22)25/h6-15H,2-5H2,1H3. The monoisotopic (exact) mass is 413 g/mol. The minimum atomic E-state index is -0.477. The number of esters is 1. The van der Waals surface area contributed by atoms with Gasteiger partial charge in [0.1, 0.15) is 5.75 Å². The maximum absolute atomic E-state index is 12.3. The Morgan fingerprint density at radius 2 is 1.79 bits per heavy atom. The third kappa shape index (κ3) is 5.34. The molecule has 1 heterocycles. The molecule has 28 heavy (non-hydrogen) atoms. The highest BCUT2D eigenvalue weighted by Gasteiger charge is 2.12. The number of aromatic nitrogens is 1. The number of hydrogen-bond acceptors (Lipinski definition) is 3. The summed E-state index contributed by atoms with van der Waals surface area (Å²) in [6.45, 7) is 2.20. The van der Waals surface area contributed by atoms with Crippen molar-refractivity contribution in [2.75, 3.05) is 0 Å². The second-order valence-electron chi connectivity index (χ2n) is 6.55. The van der Waals surface area contributed by atoms with E-state index in [2.05, 4.69) is 18.0 Å². The first-order chi connectivity index (χ1) is 13.6. The van der Waals surface area contributed by atoms with Gasteiger partial charge in [-0.15, -0.1) is 0 Å². The highest BCUT2D eigenvalue weighted by atomic mass is 35.5. The van der Waals surface area contributed by atoms with E-state index in [1.54, 1.807) is 24.3 Å². The lowest BCUT2D eigenvalue weighted by atomic mass is 10.1. The largest absolute Gasteiger partial charge is 0.421 e. The lowest BCUT2D eigenvalue weighted by Gasteiger charge is -2.08. The number of ether oxygens (including phenoxy) is 1. The van der Waals surface area contributed by atoms with Crippen LogP contribution in [0.5, 0.6) is 5.75 Å². The summed E-state index contributed by atoms with van der Waals surface area (Å²) >= 11 is 11.9. The number of unbranched alkanes of at least 4 members (excludes halogenated alkanes) is 2. The lowest BCUT2D eigenvalue weighted by molar-refractivity contribution is 0.0735. The summed E-state index contributed by atoms with van der Waals surface area (Å²) in [6, 6.07) is 16.0. The fraction of sp³-hybridized carbons (Fsp3) is 0.217. The summed E-state index contributed by atoms with van der Waals surface area (Å²) in [5.41, 5.74) is 3.50. The molecule has 0 aliphatic carbocycles. The van der Waals surface area contributed by atoms with Crippen LogP contribution in [0.2, 0.25) is 10.0 Å². The number of nitrogens with zero attached hydrogens (tertiary/aromatic N) is 1. The molecule has 144 valence electrons. The summed E-state index contributed by atoms with van der Waals surface area (Å²) in [7, 11) is 0. The van der Waals surface area contributed by atoms with Crippen molar-refractivity contribution < 1.29 is 9.53 Å². The zero-order valence-electron chi connectivity index (χ0n) is 15.6. The molecule has 0 radical (unpaired) electrons. The van der Waals surface area contributed by atoms with Gasteiger partial charge in [0, 0.05) is 16.8 Å². The topological polar surface area (TPSA) is 39.2 Å². The SMILES string of the molecule is CCCCCc1ccc(-c2ccc(C(=O)Oc3ccc(Cl)cc3Cl)cc2)nc1. The first-order valence-electron chi connectivity index (χ1n) is 9.29. The summed E-state index contributed by atoms with van der Waals surface area (Å²) < 4.78 is 5.35. The van der Waals surface area contributed by atoms with Crippen molar-refractivity contribution in [3.63, 3.8) is 0 Å². The van der Waals surface area contributed by atoms with E-state index in [9.17, 15) is 4.79 Å². The number of halogens is 2. The summed E-state index contributed by atoms with van der Waals surface area (Å²) in [4.78, 5) is 16.9. The fourth-order valence-corrected chi connectivity index (χ4v) is 3.26. The molecule has 0 N–H and O–H groups in total. The van der Waals surface area contributed by atoms with Crippen LogP contribution in [0.25, 0.3) is 11.3 Å². The van der Waals surface area contributed by atoms with Gasteiger partial charge in [-0.2, -0.15) is 0 Å². The zero-order valence-corrected chi connectivity index (χ0v) is 17.1. The molecule has 0 aliphatic rings. The van der Waals surface area contributed by atoms with Crippen molar-refractivity contribution in [3.05, 3.63) is 82.0 Å². The predicted molar refractivity (Wildman–Crippen MR) is 114 cm³/mol. The molecule has 0 atom stereocenters. The first kappa shape index (κ1) is 20.4. The van der Waals surface area contributed by atoms with Crippen molar-refractivity contribution >= 4 is 29.2 Å². The van der Waals surface area contributed by atoms with Gasteiger partial charge in [0.25, 0.3) is 0 Å². The Labute approximate surface area is 175 Å². The molecule has 0 unspecified atom stereocenters. The van der Waals surface area contributed by atoms with Crippen molar-refractivity contribution in [1.29, 1.82) is 0 Å². The van der Waals surface area contributed by atoms with Crippen LogP contribution in [0.4, 0.5) is 0 Å². The molecule has 1 aromatic heterocycles. The smallest absolute Gasteiger partial charge is 0.343 e. The van der Waals surface area contributed by atoms with Crippen LogP contribution in [0.1, 0.15) is 42.1 Å². The van der Waals surface area contributed by atoms with Crippen molar-refractivity contribution in [1.82, 2.24) is 4.98 Å². The summed E-state index contributed by atoms with van der Waals surface area (Å²) in [5.74, 6) is -0.199. The van der Waals surface area contributed by atoms with Crippen LogP contribution in [0.15, 0.2) is 60.8 Å². The van der Waals surface area contributed by atoms with Crippen molar-refractivity contribution in [3.8, 4) is 17.0 Å². The molecule has 0 fully saturated rings. The second-order valence-corrected chi connectivity index (χ2v) is 7.39. The van der Waals surface area contributed by atoms with Crippen LogP contribution >= 0.6 is 23.2 Å². The maximum atomic E-state index is 12.3. The molecule has 0 saturated carbocycles. The number of hydrogen-bond donors (Lipinski definition) is 0. The summed E-state index contributed by atoms with van der Waals surface area (Å²) in [5, 5.41) is 0.777. The van der Waals surface area contributed by atoms with Gasteiger partial charge in [-0.1, -0.05) is 61.2 Å². The van der Waals surface area contributed by atoms with E-state index in [4.69, 9.17) is 27.9 Å². The normalized spacial score (nSPS) is 10.7. The molecule has 3 aromatic rings. The quantitative estimate of drug-likeness (QED) is 0.237. The van der Waals surface area contributed by atoms with Crippen LogP contribution in [-0.2, 0) is 6.42 Å². The fourth-order valence-electron chi connectivity index (χ4n) is 2.82. The number of carbonyl (C=O) groups is 1. The van der Waals surface area contributed by atoms with Gasteiger partial charge >= 0.3 is 5.97 Å². The number of benzene rings is 2. The Kier molecular flexibility index (Phi) is 7.07. The van der Waals surface area contributed by atoms with Gasteiger partial charge < -0.3 is 4.74 Å². The zero-order chi connectivity index (χ0) is 19.9. The minimum Gasteiger partial charge on any atom is -0.421 e. The van der Waals surface area contributed by atoms with E-state index in [0.29, 0.717) is 15.6 Å². The van der Waals surface area contributed by atoms with E-state index in [1.165, 1.54) is 30.9 Å². The van der Waals surface area contributed by atoms with E-state index in [-0.39, 0.29) is 5.75 Å². The number of rotatable bonds is 7. The van der Waals surface area contributed by atoms with Gasteiger partial charge in [0.05, 0.1) is 16.3 Å². The van der Waals surface area contributed by atoms with Crippen LogP contribution < -0.4 is 4.74 Å². The van der Waals surface area contributed by atoms with E-state index in [0.717, 1.165) is 17.7 Å². The van der Waals surface area contributed by atoms with Gasteiger partial charge in [-0.05, 0) is 54.8 Å². The molecule has 3 nitrogen and oxygen atoms in total. The molecule has 0 bridgehead atoms. The predicted octanol–water partition coefficient (Wildman–Crippen LogP) is 7.01. The van der Waals surface area contributed by atoms with Crippen molar-refractivity contribution in [2.24, 2.45) is 0 Å². The Morgan fingerprint density at radius 3 is 2.43 bits per heavy atom. The van der Waals surface area contributed by atoms with Gasteiger partial charge in [0.15, 0.2) is 0 Å². The van der Waals surface area contributed by atoms with Crippen LogP contribution in [0, 0.1) is 0 Å². The van der Waals surface area contributed by atoms with Gasteiger partial charge in [-0.3, -0.25) is 4.98 Å². The summed E-state index contributed by atoms with van der Waals surface area (Å²) in [6.07, 6.45) is 6.62. The molecular formula is C23H21Cl2NO2. The highest BCUT2D eigenvalue weighted by Crippen LogP contribution is 2.28. The molecule has 2 aromatic carbocycles. The number of pyridine rings is 1. The number of carbonyl (C=O) groups excluding carboxylic acids is 1. The molecule has 0 aliphatic heterocycles. The van der Waals surface area contributed by atoms with Crippen molar-refractivity contribution in [2.45, 2.75) is 32.6 Å². The Hall–Kier alpha value is -2.36. The molecule has 5 heteroatoms. The molecule has 3 rings (SSSR count). The highest BCUT2D eigenvalue weighted by molar-refractivity contribution is 6.35. The maximum Gasteiger partial charge on any atom is 0.343 e. The molecule has 0 saturated heterocycles. The number of aryl methyl sites for hydroxylation is 1. The van der Waals surface area contributed by atoms with Crippen LogP contribution in [0.3, 0.4) is 0 Å². The molecule has 0 amide bonds. The average Bonchev–Trinajstić information content (AvgIpc) is 2.71. The molecular weight excluding hydrogens is 393 g/mol.